The number of likely N-dealkylation sites (tertiary alicyclic amines) is 2. The third-order valence-corrected chi connectivity index (χ3v) is 3.92. The van der Waals surface area contributed by atoms with Gasteiger partial charge in [0.15, 0.2) is 0 Å². The van der Waals surface area contributed by atoms with Gasteiger partial charge in [0.25, 0.3) is 0 Å². The SMILES string of the molecule is CCCNC1CCN(C2CCCN(C)C2)C1=O. The first-order valence-electron chi connectivity index (χ1n) is 6.94. The lowest BCUT2D eigenvalue weighted by Gasteiger charge is -2.35. The van der Waals surface area contributed by atoms with Crippen molar-refractivity contribution < 1.29 is 4.79 Å². The maximum atomic E-state index is 12.3. The van der Waals surface area contributed by atoms with Crippen molar-refractivity contribution >= 4 is 5.91 Å². The van der Waals surface area contributed by atoms with Crippen LogP contribution in [0.25, 0.3) is 0 Å². The van der Waals surface area contributed by atoms with E-state index in [2.05, 4.69) is 29.1 Å². The average Bonchev–Trinajstić information content (AvgIpc) is 2.68. The van der Waals surface area contributed by atoms with Crippen LogP contribution in [0.2, 0.25) is 0 Å². The lowest BCUT2D eigenvalue weighted by Crippen LogP contribution is -2.49. The van der Waals surface area contributed by atoms with Crippen LogP contribution >= 0.6 is 0 Å². The van der Waals surface area contributed by atoms with E-state index in [1.54, 1.807) is 0 Å². The summed E-state index contributed by atoms with van der Waals surface area (Å²) in [6.45, 7) is 6.26. The maximum absolute atomic E-state index is 12.3. The molecule has 2 fully saturated rings. The Morgan fingerprint density at radius 3 is 2.88 bits per heavy atom. The molecule has 0 aromatic rings. The molecule has 98 valence electrons. The number of hydrogen-bond donors (Lipinski definition) is 1. The largest absolute Gasteiger partial charge is 0.337 e. The van der Waals surface area contributed by atoms with Crippen LogP contribution in [0.15, 0.2) is 0 Å². The summed E-state index contributed by atoms with van der Waals surface area (Å²) in [5, 5.41) is 3.36. The van der Waals surface area contributed by atoms with Gasteiger partial charge in [-0.2, -0.15) is 0 Å². The highest BCUT2D eigenvalue weighted by Crippen LogP contribution is 2.21. The smallest absolute Gasteiger partial charge is 0.240 e. The van der Waals surface area contributed by atoms with Crippen LogP contribution < -0.4 is 5.32 Å². The monoisotopic (exact) mass is 239 g/mol. The van der Waals surface area contributed by atoms with Crippen molar-refractivity contribution in [1.29, 1.82) is 0 Å². The summed E-state index contributed by atoms with van der Waals surface area (Å²) < 4.78 is 0. The fraction of sp³-hybridized carbons (Fsp3) is 0.923. The molecule has 1 N–H and O–H groups in total. The number of rotatable bonds is 4. The molecule has 0 aliphatic carbocycles. The number of amides is 1. The molecule has 0 aromatic heterocycles. The molecular weight excluding hydrogens is 214 g/mol. The molecule has 0 aromatic carbocycles. The van der Waals surface area contributed by atoms with Crippen LogP contribution in [0.5, 0.6) is 0 Å². The van der Waals surface area contributed by atoms with Crippen molar-refractivity contribution in [3.05, 3.63) is 0 Å². The Morgan fingerprint density at radius 1 is 1.35 bits per heavy atom. The van der Waals surface area contributed by atoms with Crippen LogP contribution in [0.1, 0.15) is 32.6 Å². The van der Waals surface area contributed by atoms with Gasteiger partial charge < -0.3 is 15.1 Å². The van der Waals surface area contributed by atoms with E-state index in [9.17, 15) is 4.79 Å². The molecule has 0 spiro atoms. The van der Waals surface area contributed by atoms with Crippen LogP contribution in [-0.2, 0) is 4.79 Å². The molecule has 0 radical (unpaired) electrons. The Balaban J connectivity index is 1.88. The second kappa shape index (κ2) is 5.83. The van der Waals surface area contributed by atoms with Crippen molar-refractivity contribution in [2.45, 2.75) is 44.7 Å². The molecule has 1 amide bonds. The van der Waals surface area contributed by atoms with Crippen molar-refractivity contribution in [2.75, 3.05) is 33.2 Å². The van der Waals surface area contributed by atoms with E-state index < -0.39 is 0 Å². The third-order valence-electron chi connectivity index (χ3n) is 3.92. The molecule has 0 bridgehead atoms. The molecule has 2 atom stereocenters. The summed E-state index contributed by atoms with van der Waals surface area (Å²) in [6.07, 6.45) is 4.48. The molecule has 2 unspecified atom stereocenters. The van der Waals surface area contributed by atoms with Crippen molar-refractivity contribution in [3.63, 3.8) is 0 Å². The van der Waals surface area contributed by atoms with Gasteiger partial charge in [0.2, 0.25) is 5.91 Å². The molecule has 4 nitrogen and oxygen atoms in total. The lowest BCUT2D eigenvalue weighted by atomic mass is 10.1. The van der Waals surface area contributed by atoms with Gasteiger partial charge in [-0.15, -0.1) is 0 Å². The summed E-state index contributed by atoms with van der Waals surface area (Å²) in [4.78, 5) is 16.7. The van der Waals surface area contributed by atoms with E-state index in [0.29, 0.717) is 11.9 Å². The minimum absolute atomic E-state index is 0.0854. The number of hydrogen-bond acceptors (Lipinski definition) is 3. The van der Waals surface area contributed by atoms with Gasteiger partial charge in [-0.1, -0.05) is 6.92 Å². The van der Waals surface area contributed by atoms with Crippen LogP contribution in [0.4, 0.5) is 0 Å². The second-order valence-electron chi connectivity index (χ2n) is 5.39. The van der Waals surface area contributed by atoms with Gasteiger partial charge >= 0.3 is 0 Å². The van der Waals surface area contributed by atoms with Crippen molar-refractivity contribution in [1.82, 2.24) is 15.1 Å². The number of likely N-dealkylation sites (N-methyl/N-ethyl adjacent to an activating group) is 1. The second-order valence-corrected chi connectivity index (χ2v) is 5.39. The van der Waals surface area contributed by atoms with Gasteiger partial charge in [-0.05, 0) is 45.8 Å². The number of nitrogens with one attached hydrogen (secondary N) is 1. The van der Waals surface area contributed by atoms with Crippen molar-refractivity contribution in [2.24, 2.45) is 0 Å². The molecule has 2 heterocycles. The number of nitrogens with zero attached hydrogens (tertiary/aromatic N) is 2. The number of piperidine rings is 1. The first-order valence-corrected chi connectivity index (χ1v) is 6.94. The van der Waals surface area contributed by atoms with Gasteiger partial charge in [-0.25, -0.2) is 0 Å². The fourth-order valence-electron chi connectivity index (χ4n) is 2.97. The van der Waals surface area contributed by atoms with E-state index in [4.69, 9.17) is 0 Å². The summed E-state index contributed by atoms with van der Waals surface area (Å²) in [5.41, 5.74) is 0. The van der Waals surface area contributed by atoms with Crippen LogP contribution in [0, 0.1) is 0 Å². The van der Waals surface area contributed by atoms with Crippen molar-refractivity contribution in [3.8, 4) is 0 Å². The molecule has 4 heteroatoms. The van der Waals surface area contributed by atoms with Gasteiger partial charge in [0.05, 0.1) is 6.04 Å². The van der Waals surface area contributed by atoms with E-state index in [1.807, 2.05) is 0 Å². The Morgan fingerprint density at radius 2 is 2.18 bits per heavy atom. The Kier molecular flexibility index (Phi) is 4.40. The minimum atomic E-state index is 0.0854. The lowest BCUT2D eigenvalue weighted by molar-refractivity contribution is -0.132. The normalized spacial score (nSPS) is 31.2. The summed E-state index contributed by atoms with van der Waals surface area (Å²) in [7, 11) is 2.15. The molecular formula is C13H25N3O. The highest BCUT2D eigenvalue weighted by Gasteiger charge is 2.36. The van der Waals surface area contributed by atoms with Gasteiger partial charge in [0, 0.05) is 19.1 Å². The summed E-state index contributed by atoms with van der Waals surface area (Å²) in [5.74, 6) is 0.332. The van der Waals surface area contributed by atoms with Gasteiger partial charge in [0.1, 0.15) is 0 Å². The van der Waals surface area contributed by atoms with Crippen LogP contribution in [0.3, 0.4) is 0 Å². The molecule has 2 aliphatic rings. The predicted molar refractivity (Wildman–Crippen MR) is 68.9 cm³/mol. The summed E-state index contributed by atoms with van der Waals surface area (Å²) in [6, 6.07) is 0.539. The highest BCUT2D eigenvalue weighted by molar-refractivity contribution is 5.84. The molecule has 0 saturated carbocycles. The standard InChI is InChI=1S/C13H25N3O/c1-3-7-14-12-6-9-16(13(12)17)11-5-4-8-15(2)10-11/h11-12,14H,3-10H2,1-2H3. The van der Waals surface area contributed by atoms with Crippen LogP contribution in [-0.4, -0.2) is 61.0 Å². The molecule has 17 heavy (non-hydrogen) atoms. The zero-order valence-electron chi connectivity index (χ0n) is 11.1. The Hall–Kier alpha value is -0.610. The molecule has 2 saturated heterocycles. The number of carbonyl (C=O) groups excluding carboxylic acids is 1. The first kappa shape index (κ1) is 12.8. The Labute approximate surface area is 104 Å². The number of carbonyl (C=O) groups is 1. The van der Waals surface area contributed by atoms with E-state index in [-0.39, 0.29) is 6.04 Å². The van der Waals surface area contributed by atoms with E-state index >= 15 is 0 Å². The topological polar surface area (TPSA) is 35.6 Å². The zero-order valence-corrected chi connectivity index (χ0v) is 11.1. The highest BCUT2D eigenvalue weighted by atomic mass is 16.2. The first-order chi connectivity index (χ1) is 8.22. The van der Waals surface area contributed by atoms with E-state index in [1.165, 1.54) is 19.4 Å². The predicted octanol–water partition coefficient (Wildman–Crippen LogP) is 0.681. The minimum Gasteiger partial charge on any atom is -0.337 e. The average molecular weight is 239 g/mol. The van der Waals surface area contributed by atoms with E-state index in [0.717, 1.165) is 32.5 Å². The Bertz CT molecular complexity index is 269. The third kappa shape index (κ3) is 2.99. The summed E-state index contributed by atoms with van der Waals surface area (Å²) >= 11 is 0. The molecule has 2 aliphatic heterocycles. The fourth-order valence-corrected chi connectivity index (χ4v) is 2.97. The van der Waals surface area contributed by atoms with Gasteiger partial charge in [-0.3, -0.25) is 4.79 Å². The zero-order chi connectivity index (χ0) is 12.3. The quantitative estimate of drug-likeness (QED) is 0.784. The molecule has 2 rings (SSSR count). The maximum Gasteiger partial charge on any atom is 0.240 e.